The lowest BCUT2D eigenvalue weighted by atomic mass is 10.1. The van der Waals surface area contributed by atoms with Crippen molar-refractivity contribution in [2.45, 2.75) is 19.4 Å². The molecule has 1 saturated heterocycles. The number of likely N-dealkylation sites (N-methyl/N-ethyl adjacent to an activating group) is 1. The van der Waals surface area contributed by atoms with Gasteiger partial charge in [0, 0.05) is 19.3 Å². The molecule has 0 bridgehead atoms. The summed E-state index contributed by atoms with van der Waals surface area (Å²) in [5, 5.41) is 8.97. The predicted octanol–water partition coefficient (Wildman–Crippen LogP) is 1.92. The molecule has 1 aliphatic heterocycles. The molecule has 17 heavy (non-hydrogen) atoms. The van der Waals surface area contributed by atoms with Gasteiger partial charge < -0.3 is 14.7 Å². The zero-order valence-electron chi connectivity index (χ0n) is 10.1. The molecule has 1 atom stereocenters. The molecule has 4 heteroatoms. The molecular weight excluding hydrogens is 218 g/mol. The number of carboxylic acid groups (broad SMARTS) is 1. The van der Waals surface area contributed by atoms with E-state index < -0.39 is 5.97 Å². The van der Waals surface area contributed by atoms with Crippen molar-refractivity contribution in [3.63, 3.8) is 0 Å². The SMILES string of the molecule is Cc1cc(N(C)C2CCOC2)ccc1C(=O)O. The first-order valence-electron chi connectivity index (χ1n) is 5.74. The van der Waals surface area contributed by atoms with Crippen LogP contribution in [0.25, 0.3) is 0 Å². The van der Waals surface area contributed by atoms with E-state index in [0.717, 1.165) is 30.9 Å². The molecule has 1 aromatic carbocycles. The van der Waals surface area contributed by atoms with Crippen LogP contribution in [0.15, 0.2) is 18.2 Å². The van der Waals surface area contributed by atoms with Gasteiger partial charge in [0.2, 0.25) is 0 Å². The summed E-state index contributed by atoms with van der Waals surface area (Å²) in [5.41, 5.74) is 2.20. The minimum absolute atomic E-state index is 0.366. The van der Waals surface area contributed by atoms with Crippen LogP contribution >= 0.6 is 0 Å². The minimum Gasteiger partial charge on any atom is -0.478 e. The van der Waals surface area contributed by atoms with E-state index in [4.69, 9.17) is 9.84 Å². The van der Waals surface area contributed by atoms with Gasteiger partial charge in [0.25, 0.3) is 0 Å². The summed E-state index contributed by atoms with van der Waals surface area (Å²) in [6.45, 7) is 3.38. The number of hydrogen-bond acceptors (Lipinski definition) is 3. The third-order valence-corrected chi connectivity index (χ3v) is 3.30. The lowest BCUT2D eigenvalue weighted by Gasteiger charge is -2.26. The van der Waals surface area contributed by atoms with Crippen molar-refractivity contribution >= 4 is 11.7 Å². The zero-order chi connectivity index (χ0) is 12.4. The minimum atomic E-state index is -0.874. The second kappa shape index (κ2) is 4.75. The van der Waals surface area contributed by atoms with E-state index in [2.05, 4.69) is 4.90 Å². The van der Waals surface area contributed by atoms with Crippen molar-refractivity contribution < 1.29 is 14.6 Å². The molecule has 1 unspecified atom stereocenters. The maximum Gasteiger partial charge on any atom is 0.335 e. The fourth-order valence-corrected chi connectivity index (χ4v) is 2.15. The Bertz CT molecular complexity index is 425. The highest BCUT2D eigenvalue weighted by atomic mass is 16.5. The van der Waals surface area contributed by atoms with Crippen molar-refractivity contribution in [3.8, 4) is 0 Å². The summed E-state index contributed by atoms with van der Waals surface area (Å²) in [5.74, 6) is -0.874. The largest absolute Gasteiger partial charge is 0.478 e. The van der Waals surface area contributed by atoms with Gasteiger partial charge in [-0.15, -0.1) is 0 Å². The van der Waals surface area contributed by atoms with E-state index in [1.807, 2.05) is 26.1 Å². The Balaban J connectivity index is 2.21. The van der Waals surface area contributed by atoms with Crippen LogP contribution in [-0.4, -0.2) is 37.4 Å². The van der Waals surface area contributed by atoms with E-state index in [1.165, 1.54) is 0 Å². The van der Waals surface area contributed by atoms with Gasteiger partial charge in [-0.1, -0.05) is 0 Å². The van der Waals surface area contributed by atoms with Crippen LogP contribution in [0, 0.1) is 6.92 Å². The second-order valence-corrected chi connectivity index (χ2v) is 4.43. The molecule has 0 aliphatic carbocycles. The smallest absolute Gasteiger partial charge is 0.335 e. The zero-order valence-corrected chi connectivity index (χ0v) is 10.1. The number of benzene rings is 1. The van der Waals surface area contributed by atoms with Crippen molar-refractivity contribution in [1.82, 2.24) is 0 Å². The highest BCUT2D eigenvalue weighted by Gasteiger charge is 2.21. The number of aromatic carboxylic acids is 1. The number of carboxylic acids is 1. The van der Waals surface area contributed by atoms with Gasteiger partial charge in [-0.05, 0) is 37.1 Å². The Morgan fingerprint density at radius 1 is 1.53 bits per heavy atom. The topological polar surface area (TPSA) is 49.8 Å². The Morgan fingerprint density at radius 3 is 2.82 bits per heavy atom. The molecule has 0 saturated carbocycles. The molecule has 4 nitrogen and oxygen atoms in total. The quantitative estimate of drug-likeness (QED) is 0.869. The molecule has 0 radical (unpaired) electrons. The number of hydrogen-bond donors (Lipinski definition) is 1. The molecule has 1 aromatic rings. The molecule has 0 amide bonds. The van der Waals surface area contributed by atoms with E-state index in [-0.39, 0.29) is 0 Å². The maximum atomic E-state index is 10.9. The fraction of sp³-hybridized carbons (Fsp3) is 0.462. The molecule has 1 aliphatic rings. The number of anilines is 1. The molecule has 2 rings (SSSR count). The van der Waals surface area contributed by atoms with Gasteiger partial charge in [-0.25, -0.2) is 4.79 Å². The Labute approximate surface area is 101 Å². The average molecular weight is 235 g/mol. The van der Waals surface area contributed by atoms with E-state index in [1.54, 1.807) is 6.07 Å². The molecular formula is C13H17NO3. The Hall–Kier alpha value is -1.55. The van der Waals surface area contributed by atoms with Crippen molar-refractivity contribution in [3.05, 3.63) is 29.3 Å². The second-order valence-electron chi connectivity index (χ2n) is 4.43. The highest BCUT2D eigenvalue weighted by molar-refractivity contribution is 5.89. The summed E-state index contributed by atoms with van der Waals surface area (Å²) >= 11 is 0. The molecule has 92 valence electrons. The van der Waals surface area contributed by atoms with Crippen LogP contribution in [0.5, 0.6) is 0 Å². The number of nitrogens with zero attached hydrogens (tertiary/aromatic N) is 1. The van der Waals surface area contributed by atoms with E-state index >= 15 is 0 Å². The number of carbonyl (C=O) groups is 1. The molecule has 1 heterocycles. The lowest BCUT2D eigenvalue weighted by Crippen LogP contribution is -2.31. The number of rotatable bonds is 3. The van der Waals surface area contributed by atoms with Crippen LogP contribution < -0.4 is 4.90 Å². The van der Waals surface area contributed by atoms with E-state index in [0.29, 0.717) is 11.6 Å². The molecule has 0 aromatic heterocycles. The molecule has 1 N–H and O–H groups in total. The lowest BCUT2D eigenvalue weighted by molar-refractivity contribution is 0.0696. The first-order valence-corrected chi connectivity index (χ1v) is 5.74. The highest BCUT2D eigenvalue weighted by Crippen LogP contribution is 2.22. The third kappa shape index (κ3) is 2.42. The van der Waals surface area contributed by atoms with Gasteiger partial charge in [0.15, 0.2) is 0 Å². The van der Waals surface area contributed by atoms with Crippen LogP contribution in [0.3, 0.4) is 0 Å². The summed E-state index contributed by atoms with van der Waals surface area (Å²) in [7, 11) is 2.02. The summed E-state index contributed by atoms with van der Waals surface area (Å²) in [4.78, 5) is 13.1. The van der Waals surface area contributed by atoms with Gasteiger partial charge in [-0.3, -0.25) is 0 Å². The predicted molar refractivity (Wildman–Crippen MR) is 65.8 cm³/mol. The molecule has 1 fully saturated rings. The average Bonchev–Trinajstić information content (AvgIpc) is 2.80. The first-order chi connectivity index (χ1) is 8.09. The van der Waals surface area contributed by atoms with Gasteiger partial charge in [0.1, 0.15) is 0 Å². The molecule has 0 spiro atoms. The van der Waals surface area contributed by atoms with Gasteiger partial charge in [-0.2, -0.15) is 0 Å². The normalized spacial score (nSPS) is 19.3. The number of ether oxygens (including phenoxy) is 1. The van der Waals surface area contributed by atoms with Gasteiger partial charge >= 0.3 is 5.97 Å². The van der Waals surface area contributed by atoms with E-state index in [9.17, 15) is 4.79 Å². The third-order valence-electron chi connectivity index (χ3n) is 3.30. The summed E-state index contributed by atoms with van der Waals surface area (Å²) < 4.78 is 5.36. The monoisotopic (exact) mass is 235 g/mol. The van der Waals surface area contributed by atoms with Gasteiger partial charge in [0.05, 0.1) is 18.2 Å². The van der Waals surface area contributed by atoms with Crippen molar-refractivity contribution in [2.75, 3.05) is 25.2 Å². The van der Waals surface area contributed by atoms with Crippen molar-refractivity contribution in [1.29, 1.82) is 0 Å². The van der Waals surface area contributed by atoms with Crippen LogP contribution in [0.4, 0.5) is 5.69 Å². The standard InChI is InChI=1S/C13H17NO3/c1-9-7-10(3-4-12(9)13(15)16)14(2)11-5-6-17-8-11/h3-4,7,11H,5-6,8H2,1-2H3,(H,15,16). The Morgan fingerprint density at radius 2 is 2.29 bits per heavy atom. The van der Waals surface area contributed by atoms with Crippen LogP contribution in [0.1, 0.15) is 22.3 Å². The van der Waals surface area contributed by atoms with Crippen LogP contribution in [-0.2, 0) is 4.74 Å². The Kier molecular flexibility index (Phi) is 3.33. The maximum absolute atomic E-state index is 10.9. The van der Waals surface area contributed by atoms with Crippen molar-refractivity contribution in [2.24, 2.45) is 0 Å². The van der Waals surface area contributed by atoms with Crippen LogP contribution in [0.2, 0.25) is 0 Å². The fourth-order valence-electron chi connectivity index (χ4n) is 2.15. The summed E-state index contributed by atoms with van der Waals surface area (Å²) in [6, 6.07) is 5.83. The number of aryl methyl sites for hydroxylation is 1. The first kappa shape index (κ1) is 11.9. The summed E-state index contributed by atoms with van der Waals surface area (Å²) in [6.07, 6.45) is 1.02.